The predicted molar refractivity (Wildman–Crippen MR) is 14.9 cm³/mol. The van der Waals surface area contributed by atoms with Crippen molar-refractivity contribution >= 4 is 6.98 Å². The second-order valence-electron chi connectivity index (χ2n) is 0.902. The van der Waals surface area contributed by atoms with Crippen molar-refractivity contribution in [3.8, 4) is 0 Å². The Labute approximate surface area is 83.3 Å². The SMILES string of the molecule is C[B-](F)(F)F.[Rb+]. The zero-order valence-electron chi connectivity index (χ0n) is 3.71. The fourth-order valence-electron chi connectivity index (χ4n) is 0. The molecule has 5 heteroatoms. The Morgan fingerprint density at radius 1 is 1.17 bits per heavy atom. The van der Waals surface area contributed by atoms with Gasteiger partial charge in [-0.2, -0.15) is 0 Å². The summed E-state index contributed by atoms with van der Waals surface area (Å²) < 4.78 is 31.2. The zero-order valence-corrected chi connectivity index (χ0v) is 8.63. The summed E-state index contributed by atoms with van der Waals surface area (Å²) in [4.78, 5) is 0. The molecule has 0 saturated carbocycles. The molecule has 0 heterocycles. The van der Waals surface area contributed by atoms with Gasteiger partial charge in [-0.05, 0) is 0 Å². The minimum Gasteiger partial charge on any atom is -0.449 e. The third-order valence-electron chi connectivity index (χ3n) is 0. The van der Waals surface area contributed by atoms with Gasteiger partial charge in [-0.1, -0.05) is 6.82 Å². The number of hydrogen-bond donors (Lipinski definition) is 0. The molecule has 0 aliphatic heterocycles. The molecular weight excluding hydrogens is 165 g/mol. The second kappa shape index (κ2) is 3.64. The average molecular weight is 168 g/mol. The van der Waals surface area contributed by atoms with E-state index >= 15 is 0 Å². The first kappa shape index (κ1) is 10.6. The Morgan fingerprint density at radius 3 is 1.17 bits per heavy atom. The van der Waals surface area contributed by atoms with E-state index in [4.69, 9.17) is 0 Å². The van der Waals surface area contributed by atoms with Crippen molar-refractivity contribution < 1.29 is 71.1 Å². The van der Waals surface area contributed by atoms with Crippen LogP contribution in [0.1, 0.15) is 0 Å². The van der Waals surface area contributed by atoms with Gasteiger partial charge in [-0.3, -0.25) is 0 Å². The van der Waals surface area contributed by atoms with E-state index < -0.39 is 6.98 Å². The van der Waals surface area contributed by atoms with E-state index in [9.17, 15) is 12.9 Å². The van der Waals surface area contributed by atoms with Crippen LogP contribution in [0, 0.1) is 0 Å². The molecule has 0 N–H and O–H groups in total. The van der Waals surface area contributed by atoms with Crippen LogP contribution in [0.5, 0.6) is 0 Å². The maximum Gasteiger partial charge on any atom is 1.00 e. The van der Waals surface area contributed by atoms with Gasteiger partial charge in [0.1, 0.15) is 0 Å². The molecule has 0 spiro atoms. The van der Waals surface area contributed by atoms with Crippen LogP contribution in [0.3, 0.4) is 0 Å². The zero-order chi connectivity index (χ0) is 4.50. The summed E-state index contributed by atoms with van der Waals surface area (Å²) in [5, 5.41) is 0. The van der Waals surface area contributed by atoms with Crippen molar-refractivity contribution in [1.29, 1.82) is 0 Å². The van der Waals surface area contributed by atoms with Gasteiger partial charge in [0.15, 0.2) is 0 Å². The molecule has 0 rings (SSSR count). The minimum absolute atomic E-state index is 0. The molecule has 0 bridgehead atoms. The summed E-state index contributed by atoms with van der Waals surface area (Å²) in [6.07, 6.45) is 0. The normalized spacial score (nSPS) is 10.0. The molecule has 6 heavy (non-hydrogen) atoms. The number of halogens is 3. The Hall–Kier alpha value is 1.66. The molecular formula is CH3BF3Rb. The molecule has 0 aliphatic carbocycles. The van der Waals surface area contributed by atoms with Gasteiger partial charge in [-0.25, -0.2) is 0 Å². The van der Waals surface area contributed by atoms with Crippen molar-refractivity contribution in [3.63, 3.8) is 0 Å². The van der Waals surface area contributed by atoms with E-state index in [0.717, 1.165) is 0 Å². The van der Waals surface area contributed by atoms with Crippen LogP contribution in [0.15, 0.2) is 0 Å². The first-order valence-corrected chi connectivity index (χ1v) is 1.23. The fourth-order valence-corrected chi connectivity index (χ4v) is 0. The summed E-state index contributed by atoms with van der Waals surface area (Å²) in [6, 6.07) is 0. The van der Waals surface area contributed by atoms with Gasteiger partial charge in [0.2, 0.25) is 0 Å². The Morgan fingerprint density at radius 2 is 1.17 bits per heavy atom. The summed E-state index contributed by atoms with van der Waals surface area (Å²) in [7, 11) is 0. The first-order chi connectivity index (χ1) is 2.00. The van der Waals surface area contributed by atoms with Crippen molar-refractivity contribution in [2.75, 3.05) is 0 Å². The van der Waals surface area contributed by atoms with Crippen LogP contribution in [-0.4, -0.2) is 6.98 Å². The molecule has 0 nitrogen and oxygen atoms in total. The molecule has 0 aliphatic rings. The van der Waals surface area contributed by atoms with E-state index in [1.54, 1.807) is 0 Å². The van der Waals surface area contributed by atoms with Gasteiger partial charge in [0.05, 0.1) is 0 Å². The van der Waals surface area contributed by atoms with Crippen LogP contribution in [0.4, 0.5) is 12.9 Å². The summed E-state index contributed by atoms with van der Waals surface area (Å²) in [5.41, 5.74) is 0. The number of hydrogen-bond acceptors (Lipinski definition) is 0. The van der Waals surface area contributed by atoms with Gasteiger partial charge in [0.25, 0.3) is 0 Å². The quantitative estimate of drug-likeness (QED) is 0.385. The Balaban J connectivity index is 0. The molecule has 32 valence electrons. The predicted octanol–water partition coefficient (Wildman–Crippen LogP) is -1.53. The molecule has 0 amide bonds. The third-order valence-corrected chi connectivity index (χ3v) is 0. The smallest absolute Gasteiger partial charge is 0.449 e. The van der Waals surface area contributed by atoms with Crippen molar-refractivity contribution in [2.45, 2.75) is 6.82 Å². The van der Waals surface area contributed by atoms with Gasteiger partial charge < -0.3 is 12.9 Å². The minimum atomic E-state index is -4.50. The maximum absolute atomic E-state index is 10.4. The van der Waals surface area contributed by atoms with Crippen molar-refractivity contribution in [1.82, 2.24) is 0 Å². The molecule has 0 aromatic carbocycles. The molecule has 0 radical (unpaired) electrons. The van der Waals surface area contributed by atoms with Gasteiger partial charge >= 0.3 is 65.2 Å². The molecule has 0 atom stereocenters. The second-order valence-corrected chi connectivity index (χ2v) is 0.902. The van der Waals surface area contributed by atoms with Crippen LogP contribution >= 0.6 is 0 Å². The summed E-state index contributed by atoms with van der Waals surface area (Å²) in [6.45, 7) is -4.25. The Kier molecular flexibility index (Phi) is 6.43. The summed E-state index contributed by atoms with van der Waals surface area (Å²) in [5.74, 6) is 0. The third kappa shape index (κ3) is 44.6. The van der Waals surface area contributed by atoms with Crippen molar-refractivity contribution in [3.05, 3.63) is 0 Å². The van der Waals surface area contributed by atoms with E-state index in [1.165, 1.54) is 0 Å². The topological polar surface area (TPSA) is 0 Å². The first-order valence-electron chi connectivity index (χ1n) is 1.23. The summed E-state index contributed by atoms with van der Waals surface area (Å²) >= 11 is 0. The molecule has 0 aromatic rings. The van der Waals surface area contributed by atoms with E-state index in [2.05, 4.69) is 0 Å². The standard InChI is InChI=1S/CH3BF3.Rb/c1-2(3,4)5;/h1H3;/q-1;+1. The molecule has 0 fully saturated rings. The van der Waals surface area contributed by atoms with Crippen LogP contribution in [-0.2, 0) is 0 Å². The largest absolute Gasteiger partial charge is 1.00 e. The molecule has 0 aromatic heterocycles. The van der Waals surface area contributed by atoms with Crippen LogP contribution in [0.2, 0.25) is 6.82 Å². The van der Waals surface area contributed by atoms with E-state index in [-0.39, 0.29) is 65.0 Å². The van der Waals surface area contributed by atoms with E-state index in [1.807, 2.05) is 0 Å². The maximum atomic E-state index is 10.4. The fraction of sp³-hybridized carbons (Fsp3) is 1.00. The molecule has 0 saturated heterocycles. The Bertz CT molecular complexity index is 26.3. The van der Waals surface area contributed by atoms with Crippen LogP contribution < -0.4 is 58.2 Å². The van der Waals surface area contributed by atoms with Crippen molar-refractivity contribution in [2.24, 2.45) is 0 Å². The average Bonchev–Trinajstić information content (AvgIpc) is 0.722. The number of rotatable bonds is 0. The van der Waals surface area contributed by atoms with Crippen LogP contribution in [0.25, 0.3) is 0 Å². The monoisotopic (exact) mass is 168 g/mol. The molecule has 0 unspecified atom stereocenters. The van der Waals surface area contributed by atoms with E-state index in [0.29, 0.717) is 0 Å². The van der Waals surface area contributed by atoms with Gasteiger partial charge in [-0.15, -0.1) is 0 Å². The van der Waals surface area contributed by atoms with Gasteiger partial charge in [0, 0.05) is 0 Å².